The number of nitrogens with one attached hydrogen (secondary N) is 2. The number of ether oxygens (including phenoxy) is 2. The van der Waals surface area contributed by atoms with Crippen molar-refractivity contribution in [3.8, 4) is 22.8 Å². The SMILES string of the molecule is O=C(Nc1ncc(Cc2ccc(Br)cc2)s1)c1cn[nH]c1-c1ccc2c(c1)OCCO2. The molecule has 7 nitrogen and oxygen atoms in total. The molecule has 1 amide bonds. The molecule has 9 heteroatoms. The van der Waals surface area contributed by atoms with E-state index in [1.807, 2.05) is 30.3 Å². The van der Waals surface area contributed by atoms with Gasteiger partial charge in [0.1, 0.15) is 13.2 Å². The van der Waals surface area contributed by atoms with E-state index in [0.29, 0.717) is 41.1 Å². The number of aromatic amines is 1. The number of H-pyrrole nitrogens is 1. The Labute approximate surface area is 190 Å². The van der Waals surface area contributed by atoms with E-state index in [0.717, 1.165) is 21.3 Å². The maximum Gasteiger partial charge on any atom is 0.261 e. The monoisotopic (exact) mass is 496 g/mol. The highest BCUT2D eigenvalue weighted by molar-refractivity contribution is 9.10. The van der Waals surface area contributed by atoms with Crippen molar-refractivity contribution in [3.05, 3.63) is 75.3 Å². The summed E-state index contributed by atoms with van der Waals surface area (Å²) in [5.41, 5.74) is 3.02. The first-order valence-electron chi connectivity index (χ1n) is 9.59. The molecule has 0 saturated heterocycles. The summed E-state index contributed by atoms with van der Waals surface area (Å²) in [5, 5.41) is 10.4. The number of hydrogen-bond donors (Lipinski definition) is 2. The van der Waals surface area contributed by atoms with Gasteiger partial charge in [0.05, 0.1) is 17.5 Å². The Morgan fingerprint density at radius 1 is 1.10 bits per heavy atom. The van der Waals surface area contributed by atoms with Crippen LogP contribution in [-0.2, 0) is 6.42 Å². The standard InChI is InChI=1S/C22H17BrN4O3S/c23-15-4-1-13(2-5-15)9-16-11-24-22(31-16)26-21(28)17-12-25-27-20(17)14-3-6-18-19(10-14)30-8-7-29-18/h1-6,10-12H,7-9H2,(H,25,27)(H,24,26,28). The van der Waals surface area contributed by atoms with Gasteiger partial charge >= 0.3 is 0 Å². The van der Waals surface area contributed by atoms with Crippen LogP contribution >= 0.6 is 27.3 Å². The van der Waals surface area contributed by atoms with Gasteiger partial charge in [-0.3, -0.25) is 15.2 Å². The highest BCUT2D eigenvalue weighted by Gasteiger charge is 2.19. The first-order chi connectivity index (χ1) is 15.2. The van der Waals surface area contributed by atoms with Crippen molar-refractivity contribution in [1.82, 2.24) is 15.2 Å². The highest BCUT2D eigenvalue weighted by atomic mass is 79.9. The molecule has 0 bridgehead atoms. The van der Waals surface area contributed by atoms with Gasteiger partial charge < -0.3 is 9.47 Å². The lowest BCUT2D eigenvalue weighted by Crippen LogP contribution is -2.15. The molecule has 0 saturated carbocycles. The van der Waals surface area contributed by atoms with Crippen molar-refractivity contribution < 1.29 is 14.3 Å². The minimum absolute atomic E-state index is 0.275. The van der Waals surface area contributed by atoms with Crippen molar-refractivity contribution in [2.24, 2.45) is 0 Å². The van der Waals surface area contributed by atoms with Crippen LogP contribution in [0.25, 0.3) is 11.3 Å². The molecule has 156 valence electrons. The summed E-state index contributed by atoms with van der Waals surface area (Å²) in [6, 6.07) is 13.7. The van der Waals surface area contributed by atoms with Crippen LogP contribution in [-0.4, -0.2) is 34.3 Å². The number of fused-ring (bicyclic) bond motifs is 1. The van der Waals surface area contributed by atoms with Gasteiger partial charge in [-0.1, -0.05) is 28.1 Å². The predicted octanol–water partition coefficient (Wildman–Crippen LogP) is 4.91. The Kier molecular flexibility index (Phi) is 5.44. The Bertz CT molecular complexity index is 1240. The molecule has 1 aliphatic rings. The Balaban J connectivity index is 1.31. The molecule has 0 aliphatic carbocycles. The van der Waals surface area contributed by atoms with E-state index in [9.17, 15) is 4.79 Å². The topological polar surface area (TPSA) is 89.1 Å². The third-order valence-electron chi connectivity index (χ3n) is 4.78. The molecule has 3 heterocycles. The maximum atomic E-state index is 12.9. The van der Waals surface area contributed by atoms with Crippen molar-refractivity contribution in [2.45, 2.75) is 6.42 Å². The number of nitrogens with zero attached hydrogens (tertiary/aromatic N) is 2. The van der Waals surface area contributed by atoms with E-state index < -0.39 is 0 Å². The summed E-state index contributed by atoms with van der Waals surface area (Å²) in [7, 11) is 0. The Morgan fingerprint density at radius 2 is 1.90 bits per heavy atom. The van der Waals surface area contributed by atoms with Gasteiger partial charge in [0.15, 0.2) is 16.6 Å². The summed E-state index contributed by atoms with van der Waals surface area (Å²) in [6.07, 6.45) is 4.06. The summed E-state index contributed by atoms with van der Waals surface area (Å²) < 4.78 is 12.3. The minimum Gasteiger partial charge on any atom is -0.486 e. The smallest absolute Gasteiger partial charge is 0.261 e. The van der Waals surface area contributed by atoms with Gasteiger partial charge in [-0.15, -0.1) is 11.3 Å². The molecule has 0 unspecified atom stereocenters. The lowest BCUT2D eigenvalue weighted by molar-refractivity contribution is 0.102. The second-order valence-electron chi connectivity index (χ2n) is 6.91. The summed E-state index contributed by atoms with van der Waals surface area (Å²) >= 11 is 4.90. The number of halogens is 1. The third kappa shape index (κ3) is 4.33. The van der Waals surface area contributed by atoms with Crippen LogP contribution in [0.4, 0.5) is 5.13 Å². The number of hydrogen-bond acceptors (Lipinski definition) is 6. The van der Waals surface area contributed by atoms with Crippen LogP contribution in [0.2, 0.25) is 0 Å². The van der Waals surface area contributed by atoms with E-state index in [4.69, 9.17) is 9.47 Å². The second-order valence-corrected chi connectivity index (χ2v) is 8.94. The molecule has 1 aliphatic heterocycles. The number of thiazole rings is 1. The Morgan fingerprint density at radius 3 is 2.74 bits per heavy atom. The van der Waals surface area contributed by atoms with Gasteiger partial charge in [-0.25, -0.2) is 4.98 Å². The molecule has 0 atom stereocenters. The normalized spacial score (nSPS) is 12.5. The Hall–Kier alpha value is -3.17. The number of aromatic nitrogens is 3. The van der Waals surface area contributed by atoms with E-state index in [1.165, 1.54) is 23.1 Å². The van der Waals surface area contributed by atoms with Crippen LogP contribution in [0.15, 0.2) is 59.3 Å². The number of amides is 1. The molecule has 2 N–H and O–H groups in total. The average molecular weight is 497 g/mol. The van der Waals surface area contributed by atoms with E-state index in [2.05, 4.69) is 48.6 Å². The van der Waals surface area contributed by atoms with Gasteiger partial charge in [0, 0.05) is 27.5 Å². The largest absolute Gasteiger partial charge is 0.486 e. The molecule has 5 rings (SSSR count). The summed E-state index contributed by atoms with van der Waals surface area (Å²) in [6.45, 7) is 1.03. The van der Waals surface area contributed by atoms with Gasteiger partial charge in [0.2, 0.25) is 0 Å². The van der Waals surface area contributed by atoms with Crippen LogP contribution < -0.4 is 14.8 Å². The first-order valence-corrected chi connectivity index (χ1v) is 11.2. The minimum atomic E-state index is -0.275. The molecule has 0 spiro atoms. The van der Waals surface area contributed by atoms with Gasteiger partial charge in [-0.05, 0) is 35.9 Å². The van der Waals surface area contributed by atoms with Gasteiger partial charge in [0.25, 0.3) is 5.91 Å². The van der Waals surface area contributed by atoms with Crippen molar-refractivity contribution in [3.63, 3.8) is 0 Å². The molecule has 0 radical (unpaired) electrons. The van der Waals surface area contributed by atoms with E-state index >= 15 is 0 Å². The summed E-state index contributed by atoms with van der Waals surface area (Å²) in [4.78, 5) is 18.3. The number of carbonyl (C=O) groups is 1. The third-order valence-corrected chi connectivity index (χ3v) is 6.22. The van der Waals surface area contributed by atoms with E-state index in [1.54, 1.807) is 6.20 Å². The quantitative estimate of drug-likeness (QED) is 0.409. The molecule has 0 fully saturated rings. The number of anilines is 1. The number of carbonyl (C=O) groups excluding carboxylic acids is 1. The van der Waals surface area contributed by atoms with Crippen LogP contribution in [0, 0.1) is 0 Å². The molecule has 4 aromatic rings. The van der Waals surface area contributed by atoms with Crippen molar-refractivity contribution in [1.29, 1.82) is 0 Å². The summed E-state index contributed by atoms with van der Waals surface area (Å²) in [5.74, 6) is 1.08. The highest BCUT2D eigenvalue weighted by Crippen LogP contribution is 2.35. The lowest BCUT2D eigenvalue weighted by atomic mass is 10.1. The fourth-order valence-corrected chi connectivity index (χ4v) is 4.40. The number of benzene rings is 2. The predicted molar refractivity (Wildman–Crippen MR) is 122 cm³/mol. The molecule has 31 heavy (non-hydrogen) atoms. The van der Waals surface area contributed by atoms with E-state index in [-0.39, 0.29) is 5.91 Å². The fraction of sp³-hybridized carbons (Fsp3) is 0.136. The van der Waals surface area contributed by atoms with Crippen molar-refractivity contribution in [2.75, 3.05) is 18.5 Å². The van der Waals surface area contributed by atoms with Crippen LogP contribution in [0.3, 0.4) is 0 Å². The zero-order valence-electron chi connectivity index (χ0n) is 16.2. The zero-order chi connectivity index (χ0) is 21.2. The number of rotatable bonds is 5. The maximum absolute atomic E-state index is 12.9. The van der Waals surface area contributed by atoms with Crippen LogP contribution in [0.5, 0.6) is 11.5 Å². The second kappa shape index (κ2) is 8.52. The zero-order valence-corrected chi connectivity index (χ0v) is 18.6. The lowest BCUT2D eigenvalue weighted by Gasteiger charge is -2.18. The first kappa shape index (κ1) is 19.8. The molecule has 2 aromatic carbocycles. The fourth-order valence-electron chi connectivity index (χ4n) is 3.29. The van der Waals surface area contributed by atoms with Crippen molar-refractivity contribution >= 4 is 38.3 Å². The molecular weight excluding hydrogens is 480 g/mol. The average Bonchev–Trinajstić information content (AvgIpc) is 3.45. The van der Waals surface area contributed by atoms with Gasteiger partial charge in [-0.2, -0.15) is 5.10 Å². The van der Waals surface area contributed by atoms with Crippen LogP contribution in [0.1, 0.15) is 20.8 Å². The molecule has 2 aromatic heterocycles. The molecular formula is C22H17BrN4O3S.